The summed E-state index contributed by atoms with van der Waals surface area (Å²) in [6.45, 7) is 0. The number of halogens is 2. The fraction of sp³-hybridized carbons (Fsp3) is 0.167. The molecule has 1 aromatic carbocycles. The lowest BCUT2D eigenvalue weighted by molar-refractivity contribution is 0.416. The number of hydrogen-bond acceptors (Lipinski definition) is 3. The number of ether oxygens (including phenoxy) is 1. The number of rotatable bonds is 3. The standard InChI is InChI=1S/C12H11F2NOS/c1-16-8-5-11(17-6-8)12(15)7-2-3-9(13)10(14)4-7/h2-6,12H,15H2,1H3. The quantitative estimate of drug-likeness (QED) is 0.914. The highest BCUT2D eigenvalue weighted by Crippen LogP contribution is 2.29. The second-order valence-electron chi connectivity index (χ2n) is 3.54. The van der Waals surface area contributed by atoms with E-state index in [9.17, 15) is 8.78 Å². The number of thiophene rings is 1. The van der Waals surface area contributed by atoms with E-state index in [1.165, 1.54) is 17.4 Å². The van der Waals surface area contributed by atoms with Crippen LogP contribution in [-0.2, 0) is 0 Å². The zero-order valence-electron chi connectivity index (χ0n) is 9.11. The summed E-state index contributed by atoms with van der Waals surface area (Å²) in [5.74, 6) is -1.05. The average Bonchev–Trinajstić information content (AvgIpc) is 2.80. The molecule has 5 heteroatoms. The van der Waals surface area contributed by atoms with Gasteiger partial charge in [-0.15, -0.1) is 11.3 Å². The topological polar surface area (TPSA) is 35.2 Å². The minimum Gasteiger partial charge on any atom is -0.496 e. The van der Waals surface area contributed by atoms with Gasteiger partial charge in [0.2, 0.25) is 0 Å². The molecule has 2 rings (SSSR count). The lowest BCUT2D eigenvalue weighted by Crippen LogP contribution is -2.10. The smallest absolute Gasteiger partial charge is 0.159 e. The Bertz CT molecular complexity index is 527. The fourth-order valence-corrected chi connectivity index (χ4v) is 2.36. The SMILES string of the molecule is COc1csc(C(N)c2ccc(F)c(F)c2)c1. The van der Waals surface area contributed by atoms with Crippen molar-refractivity contribution in [2.24, 2.45) is 5.73 Å². The van der Waals surface area contributed by atoms with Crippen LogP contribution in [0.5, 0.6) is 5.75 Å². The van der Waals surface area contributed by atoms with Crippen LogP contribution in [-0.4, -0.2) is 7.11 Å². The van der Waals surface area contributed by atoms with Crippen LogP contribution in [0.3, 0.4) is 0 Å². The third-order valence-electron chi connectivity index (χ3n) is 2.44. The molecule has 1 aromatic heterocycles. The van der Waals surface area contributed by atoms with Crippen molar-refractivity contribution in [3.63, 3.8) is 0 Å². The first-order valence-electron chi connectivity index (χ1n) is 4.94. The minimum atomic E-state index is -0.888. The van der Waals surface area contributed by atoms with E-state index in [-0.39, 0.29) is 0 Å². The molecule has 0 saturated heterocycles. The summed E-state index contributed by atoms with van der Waals surface area (Å²) in [5.41, 5.74) is 6.50. The molecule has 2 aromatic rings. The Morgan fingerprint density at radius 3 is 2.59 bits per heavy atom. The van der Waals surface area contributed by atoms with Crippen molar-refractivity contribution >= 4 is 11.3 Å². The third-order valence-corrected chi connectivity index (χ3v) is 3.43. The van der Waals surface area contributed by atoms with Gasteiger partial charge in [-0.05, 0) is 23.8 Å². The van der Waals surface area contributed by atoms with Gasteiger partial charge in [0.15, 0.2) is 11.6 Å². The van der Waals surface area contributed by atoms with Crippen LogP contribution in [0.25, 0.3) is 0 Å². The molecule has 0 radical (unpaired) electrons. The summed E-state index contributed by atoms with van der Waals surface area (Å²) < 4.78 is 30.9. The van der Waals surface area contributed by atoms with Gasteiger partial charge in [0.25, 0.3) is 0 Å². The van der Waals surface area contributed by atoms with Gasteiger partial charge >= 0.3 is 0 Å². The van der Waals surface area contributed by atoms with Crippen LogP contribution in [0.2, 0.25) is 0 Å². The normalized spacial score (nSPS) is 12.5. The molecule has 1 atom stereocenters. The second kappa shape index (κ2) is 4.81. The van der Waals surface area contributed by atoms with Crippen LogP contribution in [0.4, 0.5) is 8.78 Å². The van der Waals surface area contributed by atoms with Crippen LogP contribution >= 0.6 is 11.3 Å². The highest BCUT2D eigenvalue weighted by Gasteiger charge is 2.14. The van der Waals surface area contributed by atoms with Gasteiger partial charge in [0.05, 0.1) is 13.2 Å². The van der Waals surface area contributed by atoms with Crippen molar-refractivity contribution in [3.05, 3.63) is 51.7 Å². The molecule has 0 aliphatic rings. The number of benzene rings is 1. The second-order valence-corrected chi connectivity index (χ2v) is 4.48. The lowest BCUT2D eigenvalue weighted by Gasteiger charge is -2.09. The maximum Gasteiger partial charge on any atom is 0.159 e. The van der Waals surface area contributed by atoms with Gasteiger partial charge in [-0.2, -0.15) is 0 Å². The highest BCUT2D eigenvalue weighted by molar-refractivity contribution is 7.10. The zero-order chi connectivity index (χ0) is 12.4. The maximum atomic E-state index is 13.1. The summed E-state index contributed by atoms with van der Waals surface area (Å²) in [7, 11) is 1.56. The Morgan fingerprint density at radius 1 is 1.24 bits per heavy atom. The summed E-state index contributed by atoms with van der Waals surface area (Å²) in [5, 5.41) is 1.81. The van der Waals surface area contributed by atoms with Crippen molar-refractivity contribution in [1.82, 2.24) is 0 Å². The Hall–Kier alpha value is -1.46. The summed E-state index contributed by atoms with van der Waals surface area (Å²) >= 11 is 1.42. The molecule has 0 aliphatic carbocycles. The van der Waals surface area contributed by atoms with Crippen molar-refractivity contribution < 1.29 is 13.5 Å². The molecule has 2 N–H and O–H groups in total. The fourth-order valence-electron chi connectivity index (χ4n) is 1.47. The van der Waals surface area contributed by atoms with E-state index in [0.717, 1.165) is 17.0 Å². The molecule has 0 fully saturated rings. The average molecular weight is 255 g/mol. The molecule has 90 valence electrons. The number of nitrogens with two attached hydrogens (primary N) is 1. The largest absolute Gasteiger partial charge is 0.496 e. The Morgan fingerprint density at radius 2 is 2.00 bits per heavy atom. The van der Waals surface area contributed by atoms with E-state index >= 15 is 0 Å². The van der Waals surface area contributed by atoms with Crippen molar-refractivity contribution in [1.29, 1.82) is 0 Å². The van der Waals surface area contributed by atoms with Crippen LogP contribution in [0.15, 0.2) is 29.6 Å². The molecule has 0 aliphatic heterocycles. The first kappa shape index (κ1) is 12.0. The van der Waals surface area contributed by atoms with E-state index in [4.69, 9.17) is 10.5 Å². The predicted octanol–water partition coefficient (Wildman–Crippen LogP) is 3.08. The number of hydrogen-bond donors (Lipinski definition) is 1. The van der Waals surface area contributed by atoms with Crippen LogP contribution in [0.1, 0.15) is 16.5 Å². The summed E-state index contributed by atoms with van der Waals surface area (Å²) in [6, 6.07) is 4.99. The molecule has 17 heavy (non-hydrogen) atoms. The van der Waals surface area contributed by atoms with Crippen LogP contribution < -0.4 is 10.5 Å². The van der Waals surface area contributed by atoms with Gasteiger partial charge in [-0.3, -0.25) is 0 Å². The molecule has 0 bridgehead atoms. The lowest BCUT2D eigenvalue weighted by atomic mass is 10.1. The van der Waals surface area contributed by atoms with E-state index in [0.29, 0.717) is 11.3 Å². The predicted molar refractivity (Wildman–Crippen MR) is 63.3 cm³/mol. The van der Waals surface area contributed by atoms with Gasteiger partial charge in [-0.25, -0.2) is 8.78 Å². The molecule has 0 spiro atoms. The van der Waals surface area contributed by atoms with Crippen molar-refractivity contribution in [3.8, 4) is 5.75 Å². The first-order valence-corrected chi connectivity index (χ1v) is 5.82. The highest BCUT2D eigenvalue weighted by atomic mass is 32.1. The van der Waals surface area contributed by atoms with Gasteiger partial charge in [-0.1, -0.05) is 6.07 Å². The molecular weight excluding hydrogens is 244 g/mol. The molecule has 0 amide bonds. The zero-order valence-corrected chi connectivity index (χ0v) is 9.93. The first-order chi connectivity index (χ1) is 8.11. The Kier molecular flexibility index (Phi) is 3.40. The monoisotopic (exact) mass is 255 g/mol. The van der Waals surface area contributed by atoms with E-state index in [2.05, 4.69) is 0 Å². The summed E-state index contributed by atoms with van der Waals surface area (Å²) in [4.78, 5) is 0.841. The van der Waals surface area contributed by atoms with Crippen LogP contribution in [0, 0.1) is 11.6 Å². The molecule has 1 unspecified atom stereocenters. The van der Waals surface area contributed by atoms with Crippen molar-refractivity contribution in [2.45, 2.75) is 6.04 Å². The molecular formula is C12H11F2NOS. The Labute approximate surface area is 102 Å². The maximum absolute atomic E-state index is 13.1. The van der Waals surface area contributed by atoms with Gasteiger partial charge in [0, 0.05) is 10.3 Å². The molecule has 1 heterocycles. The minimum absolute atomic E-state index is 0.473. The third kappa shape index (κ3) is 2.45. The molecule has 2 nitrogen and oxygen atoms in total. The summed E-state index contributed by atoms with van der Waals surface area (Å²) in [6.07, 6.45) is 0. The van der Waals surface area contributed by atoms with E-state index in [1.54, 1.807) is 13.2 Å². The van der Waals surface area contributed by atoms with E-state index in [1.807, 2.05) is 5.38 Å². The van der Waals surface area contributed by atoms with E-state index < -0.39 is 17.7 Å². The molecule has 0 saturated carbocycles. The Balaban J connectivity index is 2.29. The van der Waals surface area contributed by atoms with Gasteiger partial charge < -0.3 is 10.5 Å². The van der Waals surface area contributed by atoms with Crippen molar-refractivity contribution in [2.75, 3.05) is 7.11 Å². The number of methoxy groups -OCH3 is 1. The van der Waals surface area contributed by atoms with Gasteiger partial charge in [0.1, 0.15) is 5.75 Å².